The van der Waals surface area contributed by atoms with Crippen LogP contribution in [0.3, 0.4) is 0 Å². The topological polar surface area (TPSA) is 97.3 Å². The SMILES string of the molecule is C=CCOc1ccc(/C=C/C(=O)OCCCn2c(=O)c3c(ncn3C)n(C)c2=O)cc1. The van der Waals surface area contributed by atoms with Crippen molar-refractivity contribution >= 4 is 23.2 Å². The molecule has 3 rings (SSSR count). The Hall–Kier alpha value is -3.88. The van der Waals surface area contributed by atoms with E-state index in [1.165, 1.54) is 17.0 Å². The van der Waals surface area contributed by atoms with E-state index in [1.54, 1.807) is 42.9 Å². The third-order valence-electron chi connectivity index (χ3n) is 4.63. The number of ether oxygens (including phenoxy) is 2. The van der Waals surface area contributed by atoms with Crippen molar-refractivity contribution in [2.45, 2.75) is 13.0 Å². The normalized spacial score (nSPS) is 11.2. The van der Waals surface area contributed by atoms with Crippen LogP contribution in [0.2, 0.25) is 0 Å². The minimum Gasteiger partial charge on any atom is -0.490 e. The highest BCUT2D eigenvalue weighted by atomic mass is 16.5. The van der Waals surface area contributed by atoms with Crippen molar-refractivity contribution < 1.29 is 14.3 Å². The van der Waals surface area contributed by atoms with Crippen LogP contribution in [0.5, 0.6) is 5.75 Å². The zero-order chi connectivity index (χ0) is 22.4. The highest BCUT2D eigenvalue weighted by Gasteiger charge is 2.14. The molecule has 31 heavy (non-hydrogen) atoms. The van der Waals surface area contributed by atoms with Crippen LogP contribution < -0.4 is 16.0 Å². The van der Waals surface area contributed by atoms with E-state index in [1.807, 2.05) is 12.1 Å². The third-order valence-corrected chi connectivity index (χ3v) is 4.63. The number of imidazole rings is 1. The zero-order valence-corrected chi connectivity index (χ0v) is 17.5. The number of hydrogen-bond acceptors (Lipinski definition) is 6. The van der Waals surface area contributed by atoms with Crippen LogP contribution in [-0.2, 0) is 30.2 Å². The molecule has 0 bridgehead atoms. The first-order valence-electron chi connectivity index (χ1n) is 9.72. The van der Waals surface area contributed by atoms with Gasteiger partial charge in [0.05, 0.1) is 12.9 Å². The molecule has 0 aliphatic rings. The van der Waals surface area contributed by atoms with Gasteiger partial charge < -0.3 is 14.0 Å². The standard InChI is InChI=1S/C22H24N4O5/c1-4-13-30-17-9-6-16(7-10-17)8-11-18(27)31-14-5-12-26-21(28)19-20(23-15-24(19)2)25(3)22(26)29/h4,6-11,15H,1,5,12-14H2,2-3H3/b11-8+. The second-order valence-corrected chi connectivity index (χ2v) is 6.85. The number of esters is 1. The summed E-state index contributed by atoms with van der Waals surface area (Å²) in [5.41, 5.74) is 0.642. The highest BCUT2D eigenvalue weighted by Crippen LogP contribution is 2.13. The van der Waals surface area contributed by atoms with E-state index in [2.05, 4.69) is 11.6 Å². The van der Waals surface area contributed by atoms with Crippen LogP contribution in [0.25, 0.3) is 17.2 Å². The summed E-state index contributed by atoms with van der Waals surface area (Å²) in [6.07, 6.45) is 6.44. The Kier molecular flexibility index (Phi) is 6.86. The van der Waals surface area contributed by atoms with Crippen molar-refractivity contribution in [3.63, 3.8) is 0 Å². The molecule has 0 aliphatic carbocycles. The van der Waals surface area contributed by atoms with Gasteiger partial charge in [0.25, 0.3) is 5.56 Å². The van der Waals surface area contributed by atoms with Crippen LogP contribution in [0.1, 0.15) is 12.0 Å². The van der Waals surface area contributed by atoms with Crippen LogP contribution in [0, 0.1) is 0 Å². The first-order valence-corrected chi connectivity index (χ1v) is 9.72. The fourth-order valence-corrected chi connectivity index (χ4v) is 3.03. The molecule has 9 nitrogen and oxygen atoms in total. The van der Waals surface area contributed by atoms with Gasteiger partial charge in [0.2, 0.25) is 0 Å². The number of carbonyl (C=O) groups is 1. The van der Waals surface area contributed by atoms with Gasteiger partial charge in [-0.1, -0.05) is 24.8 Å². The van der Waals surface area contributed by atoms with Gasteiger partial charge in [0.15, 0.2) is 11.2 Å². The molecule has 9 heteroatoms. The Balaban J connectivity index is 1.54. The number of aryl methyl sites for hydroxylation is 2. The molecular weight excluding hydrogens is 400 g/mol. The zero-order valence-electron chi connectivity index (χ0n) is 17.5. The van der Waals surface area contributed by atoms with Gasteiger partial charge in [-0.3, -0.25) is 13.9 Å². The fraction of sp³-hybridized carbons (Fsp3) is 0.273. The number of aromatic nitrogens is 4. The molecule has 0 N–H and O–H groups in total. The summed E-state index contributed by atoms with van der Waals surface area (Å²) >= 11 is 0. The van der Waals surface area contributed by atoms with Crippen molar-refractivity contribution in [1.29, 1.82) is 0 Å². The quantitative estimate of drug-likeness (QED) is 0.224. The van der Waals surface area contributed by atoms with Gasteiger partial charge in [0, 0.05) is 26.7 Å². The second-order valence-electron chi connectivity index (χ2n) is 6.85. The van der Waals surface area contributed by atoms with Crippen molar-refractivity contribution in [3.05, 3.63) is 75.7 Å². The first kappa shape index (κ1) is 21.8. The maximum absolute atomic E-state index is 12.6. The average Bonchev–Trinajstić information content (AvgIpc) is 3.16. The predicted octanol–water partition coefficient (Wildman–Crippen LogP) is 1.65. The molecular formula is C22H24N4O5. The molecule has 0 saturated carbocycles. The maximum Gasteiger partial charge on any atom is 0.332 e. The fourth-order valence-electron chi connectivity index (χ4n) is 3.03. The Morgan fingerprint density at radius 1 is 1.19 bits per heavy atom. The predicted molar refractivity (Wildman–Crippen MR) is 117 cm³/mol. The van der Waals surface area contributed by atoms with Gasteiger partial charge in [-0.15, -0.1) is 0 Å². The molecule has 2 aromatic heterocycles. The summed E-state index contributed by atoms with van der Waals surface area (Å²) in [4.78, 5) is 41.0. The summed E-state index contributed by atoms with van der Waals surface area (Å²) in [5.74, 6) is 0.208. The molecule has 0 unspecified atom stereocenters. The lowest BCUT2D eigenvalue weighted by Gasteiger charge is -2.08. The van der Waals surface area contributed by atoms with Crippen molar-refractivity contribution in [1.82, 2.24) is 18.7 Å². The molecule has 0 amide bonds. The number of nitrogens with zero attached hydrogens (tertiary/aromatic N) is 4. The maximum atomic E-state index is 12.6. The molecule has 0 fully saturated rings. The number of carbonyl (C=O) groups excluding carboxylic acids is 1. The van der Waals surface area contributed by atoms with E-state index in [0.29, 0.717) is 29.9 Å². The molecule has 162 valence electrons. The van der Waals surface area contributed by atoms with Crippen LogP contribution >= 0.6 is 0 Å². The Morgan fingerprint density at radius 3 is 2.65 bits per heavy atom. The van der Waals surface area contributed by atoms with Crippen LogP contribution in [0.4, 0.5) is 0 Å². The van der Waals surface area contributed by atoms with E-state index >= 15 is 0 Å². The minimum absolute atomic E-state index is 0.0799. The average molecular weight is 424 g/mol. The Bertz CT molecular complexity index is 1230. The molecule has 0 aliphatic heterocycles. The summed E-state index contributed by atoms with van der Waals surface area (Å²) in [5, 5.41) is 0. The lowest BCUT2D eigenvalue weighted by molar-refractivity contribution is -0.137. The van der Waals surface area contributed by atoms with Gasteiger partial charge in [-0.25, -0.2) is 14.6 Å². The van der Waals surface area contributed by atoms with E-state index in [4.69, 9.17) is 9.47 Å². The van der Waals surface area contributed by atoms with E-state index in [9.17, 15) is 14.4 Å². The van der Waals surface area contributed by atoms with Gasteiger partial charge in [-0.2, -0.15) is 0 Å². The number of fused-ring (bicyclic) bond motifs is 1. The Labute approximate surface area is 178 Å². The number of rotatable bonds is 9. The van der Waals surface area contributed by atoms with Crippen LogP contribution in [-0.4, -0.2) is 37.9 Å². The summed E-state index contributed by atoms with van der Waals surface area (Å²) < 4.78 is 14.6. The molecule has 0 radical (unpaired) electrons. The lowest BCUT2D eigenvalue weighted by Crippen LogP contribution is -2.39. The molecule has 0 atom stereocenters. The monoisotopic (exact) mass is 424 g/mol. The second kappa shape index (κ2) is 9.75. The Morgan fingerprint density at radius 2 is 1.94 bits per heavy atom. The molecule has 1 aromatic carbocycles. The van der Waals surface area contributed by atoms with E-state index in [-0.39, 0.29) is 13.2 Å². The van der Waals surface area contributed by atoms with Gasteiger partial charge in [-0.05, 0) is 30.2 Å². The van der Waals surface area contributed by atoms with Crippen molar-refractivity contribution in [3.8, 4) is 5.75 Å². The molecule has 0 saturated heterocycles. The van der Waals surface area contributed by atoms with Gasteiger partial charge >= 0.3 is 11.7 Å². The largest absolute Gasteiger partial charge is 0.490 e. The van der Waals surface area contributed by atoms with Crippen molar-refractivity contribution in [2.75, 3.05) is 13.2 Å². The summed E-state index contributed by atoms with van der Waals surface area (Å²) in [6.45, 7) is 4.23. The van der Waals surface area contributed by atoms with E-state index < -0.39 is 17.2 Å². The third kappa shape index (κ3) is 5.00. The number of hydrogen-bond donors (Lipinski definition) is 0. The van der Waals surface area contributed by atoms with Crippen LogP contribution in [0.15, 0.2) is 58.9 Å². The first-order chi connectivity index (χ1) is 14.9. The number of benzene rings is 1. The molecule has 2 heterocycles. The molecule has 0 spiro atoms. The van der Waals surface area contributed by atoms with Gasteiger partial charge in [0.1, 0.15) is 12.4 Å². The van der Waals surface area contributed by atoms with E-state index in [0.717, 1.165) is 10.1 Å². The highest BCUT2D eigenvalue weighted by molar-refractivity contribution is 5.87. The lowest BCUT2D eigenvalue weighted by atomic mass is 10.2. The summed E-state index contributed by atoms with van der Waals surface area (Å²) in [6, 6.07) is 7.23. The summed E-state index contributed by atoms with van der Waals surface area (Å²) in [7, 11) is 3.26. The minimum atomic E-state index is -0.505. The smallest absolute Gasteiger partial charge is 0.332 e. The molecule has 3 aromatic rings. The van der Waals surface area contributed by atoms with Crippen molar-refractivity contribution in [2.24, 2.45) is 14.1 Å².